The van der Waals surface area contributed by atoms with E-state index in [9.17, 15) is 44.6 Å². The molecule has 0 amide bonds. The van der Waals surface area contributed by atoms with E-state index in [0.717, 1.165) is 6.92 Å². The Hall–Kier alpha value is -0.670. The molecule has 1 saturated carbocycles. The molecule has 0 bridgehead atoms. The number of hydrogen-bond acceptors (Lipinski definition) is 1. The SMILES string of the molecule is CCC1CC(C(O)(C(F)(F)F)C(F)(F)F)CC(C)(F)C1(F)F. The van der Waals surface area contributed by atoms with E-state index in [2.05, 4.69) is 0 Å². The average Bonchev–Trinajstić information content (AvgIpc) is 2.28. The van der Waals surface area contributed by atoms with E-state index in [-0.39, 0.29) is 6.92 Å². The van der Waals surface area contributed by atoms with Crippen molar-refractivity contribution in [1.29, 1.82) is 0 Å². The Balaban J connectivity index is 3.36. The van der Waals surface area contributed by atoms with Crippen LogP contribution in [-0.2, 0) is 0 Å². The van der Waals surface area contributed by atoms with E-state index in [0.29, 0.717) is 0 Å². The van der Waals surface area contributed by atoms with Crippen LogP contribution in [0.1, 0.15) is 33.1 Å². The molecule has 0 spiro atoms. The van der Waals surface area contributed by atoms with Crippen LogP contribution in [0.25, 0.3) is 0 Å². The Morgan fingerprint density at radius 1 is 1.00 bits per heavy atom. The zero-order chi connectivity index (χ0) is 17.8. The summed E-state index contributed by atoms with van der Waals surface area (Å²) in [4.78, 5) is 0. The first-order valence-corrected chi connectivity index (χ1v) is 6.45. The maximum atomic E-state index is 14.0. The quantitative estimate of drug-likeness (QED) is 0.722. The zero-order valence-electron chi connectivity index (χ0n) is 11.6. The Bertz CT molecular complexity index is 396. The van der Waals surface area contributed by atoms with Crippen LogP contribution in [0.5, 0.6) is 0 Å². The third-order valence-electron chi connectivity index (χ3n) is 4.35. The van der Waals surface area contributed by atoms with Gasteiger partial charge in [0.1, 0.15) is 0 Å². The fourth-order valence-electron chi connectivity index (χ4n) is 2.96. The van der Waals surface area contributed by atoms with Gasteiger partial charge in [0.05, 0.1) is 0 Å². The summed E-state index contributed by atoms with van der Waals surface area (Å²) in [5, 5.41) is 9.26. The third kappa shape index (κ3) is 2.67. The summed E-state index contributed by atoms with van der Waals surface area (Å²) in [7, 11) is 0. The molecule has 1 aliphatic carbocycles. The second-order valence-electron chi connectivity index (χ2n) is 5.82. The summed E-state index contributed by atoms with van der Waals surface area (Å²) in [6, 6.07) is 0. The Labute approximate surface area is 120 Å². The van der Waals surface area contributed by atoms with Crippen molar-refractivity contribution in [2.75, 3.05) is 0 Å². The smallest absolute Gasteiger partial charge is 0.373 e. The van der Waals surface area contributed by atoms with Gasteiger partial charge in [-0.15, -0.1) is 0 Å². The molecule has 1 aliphatic rings. The molecule has 0 aliphatic heterocycles. The first-order chi connectivity index (χ1) is 9.52. The molecule has 0 heterocycles. The van der Waals surface area contributed by atoms with E-state index in [4.69, 9.17) is 0 Å². The molecular formula is C12H15F9O. The highest BCUT2D eigenvalue weighted by Crippen LogP contribution is 2.58. The molecule has 0 radical (unpaired) electrons. The normalized spacial score (nSPS) is 33.8. The zero-order valence-corrected chi connectivity index (χ0v) is 11.6. The van der Waals surface area contributed by atoms with Crippen LogP contribution in [0, 0.1) is 11.8 Å². The number of aliphatic hydroxyl groups is 1. The highest BCUT2D eigenvalue weighted by molar-refractivity contribution is 5.09. The Kier molecular flexibility index (Phi) is 4.55. The van der Waals surface area contributed by atoms with Gasteiger partial charge in [0.2, 0.25) is 0 Å². The summed E-state index contributed by atoms with van der Waals surface area (Å²) in [6.45, 7) is 1.37. The lowest BCUT2D eigenvalue weighted by Crippen LogP contribution is -2.66. The second kappa shape index (κ2) is 5.17. The van der Waals surface area contributed by atoms with E-state index < -0.39 is 60.6 Å². The molecule has 1 fully saturated rings. The van der Waals surface area contributed by atoms with E-state index in [1.807, 2.05) is 0 Å². The number of alkyl halides is 9. The first kappa shape index (κ1) is 19.4. The van der Waals surface area contributed by atoms with Crippen molar-refractivity contribution in [2.45, 2.75) is 62.7 Å². The third-order valence-corrected chi connectivity index (χ3v) is 4.35. The van der Waals surface area contributed by atoms with Crippen LogP contribution in [0.3, 0.4) is 0 Å². The predicted molar refractivity (Wildman–Crippen MR) is 58.0 cm³/mol. The van der Waals surface area contributed by atoms with Gasteiger partial charge in [0, 0.05) is 11.8 Å². The minimum absolute atomic E-state index is 0.259. The number of halogens is 9. The lowest BCUT2D eigenvalue weighted by molar-refractivity contribution is -0.394. The average molecular weight is 346 g/mol. The van der Waals surface area contributed by atoms with Crippen molar-refractivity contribution in [3.05, 3.63) is 0 Å². The molecule has 1 nitrogen and oxygen atoms in total. The Morgan fingerprint density at radius 3 is 1.73 bits per heavy atom. The minimum Gasteiger partial charge on any atom is -0.373 e. The molecule has 10 heteroatoms. The van der Waals surface area contributed by atoms with Gasteiger partial charge in [-0.1, -0.05) is 6.92 Å². The fourth-order valence-corrected chi connectivity index (χ4v) is 2.96. The summed E-state index contributed by atoms with van der Waals surface area (Å²) in [5.41, 5.74) is -8.81. The predicted octanol–water partition coefficient (Wildman–Crippen LogP) is 4.64. The van der Waals surface area contributed by atoms with Gasteiger partial charge in [-0.2, -0.15) is 26.3 Å². The number of hydrogen-bond donors (Lipinski definition) is 1. The first-order valence-electron chi connectivity index (χ1n) is 6.45. The monoisotopic (exact) mass is 346 g/mol. The topological polar surface area (TPSA) is 20.2 Å². The van der Waals surface area contributed by atoms with Crippen LogP contribution in [0.4, 0.5) is 39.5 Å². The van der Waals surface area contributed by atoms with Crippen LogP contribution in [0.2, 0.25) is 0 Å². The summed E-state index contributed by atoms with van der Waals surface area (Å²) < 4.78 is 118. The minimum atomic E-state index is -6.16. The molecule has 22 heavy (non-hydrogen) atoms. The Morgan fingerprint density at radius 2 is 1.41 bits per heavy atom. The van der Waals surface area contributed by atoms with Crippen molar-refractivity contribution in [3.8, 4) is 0 Å². The van der Waals surface area contributed by atoms with Crippen LogP contribution >= 0.6 is 0 Å². The van der Waals surface area contributed by atoms with Gasteiger partial charge in [0.15, 0.2) is 5.67 Å². The lowest BCUT2D eigenvalue weighted by Gasteiger charge is -2.49. The van der Waals surface area contributed by atoms with Gasteiger partial charge in [-0.3, -0.25) is 0 Å². The molecule has 1 rings (SSSR count). The van der Waals surface area contributed by atoms with Gasteiger partial charge >= 0.3 is 12.4 Å². The van der Waals surface area contributed by atoms with Crippen molar-refractivity contribution >= 4 is 0 Å². The van der Waals surface area contributed by atoms with Gasteiger partial charge in [-0.25, -0.2) is 13.2 Å². The molecule has 0 saturated heterocycles. The number of rotatable bonds is 2. The van der Waals surface area contributed by atoms with Crippen molar-refractivity contribution in [3.63, 3.8) is 0 Å². The molecule has 3 atom stereocenters. The second-order valence-corrected chi connectivity index (χ2v) is 5.82. The summed E-state index contributed by atoms with van der Waals surface area (Å²) in [6.07, 6.45) is -15.9. The lowest BCUT2D eigenvalue weighted by atomic mass is 9.64. The van der Waals surface area contributed by atoms with Crippen molar-refractivity contribution < 1.29 is 44.6 Å². The van der Waals surface area contributed by atoms with Crippen molar-refractivity contribution in [1.82, 2.24) is 0 Å². The molecule has 0 aromatic heterocycles. The van der Waals surface area contributed by atoms with Crippen LogP contribution < -0.4 is 0 Å². The largest absolute Gasteiger partial charge is 0.426 e. The fraction of sp³-hybridized carbons (Fsp3) is 1.00. The molecule has 1 N–H and O–H groups in total. The van der Waals surface area contributed by atoms with Gasteiger partial charge in [0.25, 0.3) is 11.5 Å². The van der Waals surface area contributed by atoms with Gasteiger partial charge < -0.3 is 5.11 Å². The molecule has 0 aromatic carbocycles. The standard InChI is InChI=1S/C12H15F9O/c1-3-6-4-7(5-8(2,13)10(6,14)15)9(22,11(16,17)18)12(19,20)21/h6-7,22H,3-5H2,1-2H3. The molecule has 132 valence electrons. The molecule has 3 unspecified atom stereocenters. The summed E-state index contributed by atoms with van der Waals surface area (Å²) >= 11 is 0. The van der Waals surface area contributed by atoms with Gasteiger partial charge in [-0.05, 0) is 26.2 Å². The highest BCUT2D eigenvalue weighted by atomic mass is 19.4. The molecular weight excluding hydrogens is 331 g/mol. The van der Waals surface area contributed by atoms with E-state index >= 15 is 0 Å². The maximum Gasteiger partial charge on any atom is 0.426 e. The highest BCUT2D eigenvalue weighted by Gasteiger charge is 2.76. The van der Waals surface area contributed by atoms with Crippen molar-refractivity contribution in [2.24, 2.45) is 11.8 Å². The maximum absolute atomic E-state index is 14.0. The molecule has 0 aromatic rings. The van der Waals surface area contributed by atoms with Crippen LogP contribution in [0.15, 0.2) is 0 Å². The van der Waals surface area contributed by atoms with E-state index in [1.165, 1.54) is 0 Å². The van der Waals surface area contributed by atoms with Crippen LogP contribution in [-0.4, -0.2) is 34.7 Å². The van der Waals surface area contributed by atoms with E-state index in [1.54, 1.807) is 0 Å². The summed E-state index contributed by atoms with van der Waals surface area (Å²) in [5.74, 6) is -8.85.